The third-order valence-electron chi connectivity index (χ3n) is 6.49. The Kier molecular flexibility index (Phi) is 5.00. The molecule has 2 nitrogen and oxygen atoms in total. The zero-order chi connectivity index (χ0) is 23.2. The quantitative estimate of drug-likeness (QED) is 0.247. The third-order valence-corrected chi connectivity index (χ3v) is 9.87. The van der Waals surface area contributed by atoms with Crippen molar-refractivity contribution in [2.75, 3.05) is 11.9 Å². The number of aromatic nitrogens is 1. The van der Waals surface area contributed by atoms with Crippen molar-refractivity contribution >= 4 is 54.3 Å². The van der Waals surface area contributed by atoms with Crippen molar-refractivity contribution in [1.82, 2.24) is 4.57 Å². The number of nitrogens with zero attached hydrogens (tertiary/aromatic N) is 1. The fraction of sp³-hybridized carbons (Fsp3) is 0.0323. The molecule has 0 atom stereocenters. The third kappa shape index (κ3) is 3.41. The minimum atomic E-state index is -0.144. The number of benzene rings is 4. The molecule has 1 N–H and O–H groups in total. The van der Waals surface area contributed by atoms with Gasteiger partial charge >= 0.3 is 0 Å². The van der Waals surface area contributed by atoms with Crippen LogP contribution in [0.5, 0.6) is 0 Å². The molecular formula is C31H23N2S2+. The first-order valence-electron chi connectivity index (χ1n) is 11.8. The highest BCUT2D eigenvalue weighted by atomic mass is 32.2. The van der Waals surface area contributed by atoms with Crippen molar-refractivity contribution in [3.05, 3.63) is 121 Å². The van der Waals surface area contributed by atoms with E-state index >= 15 is 0 Å². The van der Waals surface area contributed by atoms with Crippen LogP contribution in [0.2, 0.25) is 0 Å². The zero-order valence-corrected chi connectivity index (χ0v) is 20.7. The largest absolute Gasteiger partial charge is 0.379 e. The van der Waals surface area contributed by atoms with Crippen molar-refractivity contribution in [2.24, 2.45) is 0 Å². The highest BCUT2D eigenvalue weighted by Crippen LogP contribution is 2.45. The lowest BCUT2D eigenvalue weighted by Gasteiger charge is -2.14. The summed E-state index contributed by atoms with van der Waals surface area (Å²) in [5, 5.41) is 6.31. The highest BCUT2D eigenvalue weighted by Gasteiger charge is 2.29. The van der Waals surface area contributed by atoms with Gasteiger partial charge < -0.3 is 5.32 Å². The van der Waals surface area contributed by atoms with E-state index in [-0.39, 0.29) is 10.9 Å². The Labute approximate surface area is 211 Å². The molecule has 0 aliphatic carbocycles. The number of rotatable bonds is 4. The number of anilines is 1. The average molecular weight is 488 g/mol. The van der Waals surface area contributed by atoms with Crippen LogP contribution in [0, 0.1) is 0 Å². The van der Waals surface area contributed by atoms with E-state index in [1.54, 1.807) is 0 Å². The summed E-state index contributed by atoms with van der Waals surface area (Å²) < 4.78 is 3.75. The summed E-state index contributed by atoms with van der Waals surface area (Å²) in [4.78, 5) is 5.30. The molecule has 3 heterocycles. The Morgan fingerprint density at radius 2 is 1.31 bits per heavy atom. The second-order valence-electron chi connectivity index (χ2n) is 8.58. The molecule has 4 heteroatoms. The molecule has 6 aromatic rings. The van der Waals surface area contributed by atoms with Crippen molar-refractivity contribution in [1.29, 1.82) is 0 Å². The van der Waals surface area contributed by atoms with Crippen molar-refractivity contribution in [2.45, 2.75) is 14.7 Å². The standard InChI is InChI=1S/C31H23N2S2/c1-3-10-23(11-4-1)35(24-12-5-2-6-13-24)25-19-17-22(18-20-25)33-27-15-9-21-32-30(27)29-26-14-7-8-16-28(26)34-31(29)33/h1-20,32H,21H2/q+1. The molecule has 0 radical (unpaired) electrons. The number of fused-ring (bicyclic) bond motifs is 5. The summed E-state index contributed by atoms with van der Waals surface area (Å²) in [6, 6.07) is 39.6. The van der Waals surface area contributed by atoms with Crippen LogP contribution in [0.1, 0.15) is 5.69 Å². The van der Waals surface area contributed by atoms with E-state index in [2.05, 4.69) is 131 Å². The molecule has 7 rings (SSSR count). The maximum absolute atomic E-state index is 3.65. The van der Waals surface area contributed by atoms with Gasteiger partial charge in [0.05, 0.1) is 22.3 Å². The van der Waals surface area contributed by atoms with Crippen LogP contribution in [-0.4, -0.2) is 11.1 Å². The smallest absolute Gasteiger partial charge is 0.166 e. The van der Waals surface area contributed by atoms with Gasteiger partial charge in [-0.25, -0.2) is 0 Å². The molecule has 0 bridgehead atoms. The predicted molar refractivity (Wildman–Crippen MR) is 151 cm³/mol. The number of thiophene rings is 1. The fourth-order valence-corrected chi connectivity index (χ4v) is 8.29. The molecule has 35 heavy (non-hydrogen) atoms. The Morgan fingerprint density at radius 3 is 2.03 bits per heavy atom. The summed E-state index contributed by atoms with van der Waals surface area (Å²) in [6.45, 7) is 0.867. The van der Waals surface area contributed by atoms with E-state index in [1.165, 1.54) is 52.1 Å². The fourth-order valence-electron chi connectivity index (χ4n) is 4.96. The minimum Gasteiger partial charge on any atom is -0.379 e. The normalized spacial score (nSPS) is 12.8. The summed E-state index contributed by atoms with van der Waals surface area (Å²) in [5.41, 5.74) is 3.68. The Morgan fingerprint density at radius 1 is 0.686 bits per heavy atom. The van der Waals surface area contributed by atoms with Gasteiger partial charge in [-0.05, 0) is 60.7 Å². The van der Waals surface area contributed by atoms with E-state index in [4.69, 9.17) is 0 Å². The van der Waals surface area contributed by atoms with Crippen molar-refractivity contribution in [3.63, 3.8) is 0 Å². The summed E-state index contributed by atoms with van der Waals surface area (Å²) in [5.74, 6) is 0. The Balaban J connectivity index is 1.39. The number of hydrogen-bond donors (Lipinski definition) is 1. The van der Waals surface area contributed by atoms with E-state index in [9.17, 15) is 0 Å². The lowest BCUT2D eigenvalue weighted by atomic mass is 10.1. The monoisotopic (exact) mass is 487 g/mol. The van der Waals surface area contributed by atoms with Gasteiger partial charge in [0, 0.05) is 27.7 Å². The molecule has 0 fully saturated rings. The topological polar surface area (TPSA) is 17.0 Å². The molecule has 1 aliphatic rings. The Hall–Kier alpha value is -3.73. The van der Waals surface area contributed by atoms with Crippen LogP contribution in [0.3, 0.4) is 0 Å². The maximum Gasteiger partial charge on any atom is 0.166 e. The second kappa shape index (κ2) is 8.49. The SMILES string of the molecule is C1=Cc2c(c3c4ccccc4sc3n2-c2ccc([S+](c3ccccc3)c3ccccc3)cc2)NC1. The van der Waals surface area contributed by atoms with Gasteiger partial charge in [-0.2, -0.15) is 0 Å². The van der Waals surface area contributed by atoms with Crippen molar-refractivity contribution < 1.29 is 0 Å². The molecule has 0 unspecified atom stereocenters. The predicted octanol–water partition coefficient (Wildman–Crippen LogP) is 8.38. The van der Waals surface area contributed by atoms with Gasteiger partial charge in [0.1, 0.15) is 4.83 Å². The molecule has 0 spiro atoms. The first-order chi connectivity index (χ1) is 17.4. The molecular weight excluding hydrogens is 464 g/mol. The van der Waals surface area contributed by atoms with Crippen LogP contribution in [0.15, 0.2) is 130 Å². The average Bonchev–Trinajstić information content (AvgIpc) is 3.45. The first kappa shape index (κ1) is 20.6. The molecule has 0 saturated heterocycles. The van der Waals surface area contributed by atoms with Gasteiger partial charge in [-0.3, -0.25) is 4.57 Å². The lowest BCUT2D eigenvalue weighted by Crippen LogP contribution is -2.07. The van der Waals surface area contributed by atoms with Crippen LogP contribution < -0.4 is 5.32 Å². The molecule has 0 saturated carbocycles. The van der Waals surface area contributed by atoms with Crippen LogP contribution in [-0.2, 0) is 10.9 Å². The van der Waals surface area contributed by atoms with Crippen LogP contribution >= 0.6 is 11.3 Å². The van der Waals surface area contributed by atoms with Gasteiger partial charge in [-0.1, -0.05) is 60.7 Å². The second-order valence-corrected chi connectivity index (χ2v) is 11.6. The van der Waals surface area contributed by atoms with E-state index in [1.807, 2.05) is 11.3 Å². The molecule has 1 aliphatic heterocycles. The van der Waals surface area contributed by atoms with Crippen molar-refractivity contribution in [3.8, 4) is 5.69 Å². The minimum absolute atomic E-state index is 0.144. The first-order valence-corrected chi connectivity index (χ1v) is 13.8. The summed E-state index contributed by atoms with van der Waals surface area (Å²) in [6.07, 6.45) is 4.47. The lowest BCUT2D eigenvalue weighted by molar-refractivity contribution is 1.10. The van der Waals surface area contributed by atoms with E-state index in [0.717, 1.165) is 6.54 Å². The summed E-state index contributed by atoms with van der Waals surface area (Å²) >= 11 is 1.87. The van der Waals surface area contributed by atoms with Crippen LogP contribution in [0.4, 0.5) is 5.69 Å². The Bertz CT molecular complexity index is 1640. The molecule has 4 aromatic carbocycles. The van der Waals surface area contributed by atoms with E-state index in [0.29, 0.717) is 0 Å². The van der Waals surface area contributed by atoms with E-state index < -0.39 is 0 Å². The summed E-state index contributed by atoms with van der Waals surface area (Å²) in [7, 11) is -0.144. The van der Waals surface area contributed by atoms with Gasteiger partial charge in [0.2, 0.25) is 0 Å². The maximum atomic E-state index is 3.65. The van der Waals surface area contributed by atoms with Crippen LogP contribution in [0.25, 0.3) is 32.1 Å². The highest BCUT2D eigenvalue weighted by molar-refractivity contribution is 7.97. The zero-order valence-electron chi connectivity index (χ0n) is 19.0. The van der Waals surface area contributed by atoms with Gasteiger partial charge in [-0.15, -0.1) is 11.3 Å². The van der Waals surface area contributed by atoms with Gasteiger partial charge in [0.15, 0.2) is 14.7 Å². The molecule has 0 amide bonds. The van der Waals surface area contributed by atoms with Gasteiger partial charge in [0.25, 0.3) is 0 Å². The molecule has 2 aromatic heterocycles. The molecule has 168 valence electrons. The number of hydrogen-bond acceptors (Lipinski definition) is 2. The number of nitrogens with one attached hydrogen (secondary N) is 1.